The summed E-state index contributed by atoms with van der Waals surface area (Å²) in [5.41, 5.74) is 2.59. The van der Waals surface area contributed by atoms with Crippen LogP contribution in [0.1, 0.15) is 29.9 Å². The van der Waals surface area contributed by atoms with E-state index < -0.39 is 10.0 Å². The third kappa shape index (κ3) is 3.58. The van der Waals surface area contributed by atoms with Gasteiger partial charge in [-0.25, -0.2) is 13.2 Å². The number of amides is 2. The van der Waals surface area contributed by atoms with Crippen molar-refractivity contribution in [2.24, 2.45) is 0 Å². The maximum Gasteiger partial charge on any atom is 0.317 e. The number of nitrogens with one attached hydrogen (secondary N) is 2. The van der Waals surface area contributed by atoms with E-state index in [4.69, 9.17) is 0 Å². The van der Waals surface area contributed by atoms with Gasteiger partial charge in [0.05, 0.1) is 5.25 Å². The fourth-order valence-electron chi connectivity index (χ4n) is 3.81. The summed E-state index contributed by atoms with van der Waals surface area (Å²) < 4.78 is 26.1. The number of sulfonamides is 1. The standard InChI is InChI=1S/C18H26N4O3S/c23-18(20-13-15-12-19-11-14-3-1-2-4-17(14)15)21-7-9-22(10-8-21)26(24,25)16-5-6-16/h1-4,15-16,19H,5-13H2,(H,20,23). The lowest BCUT2D eigenvalue weighted by molar-refractivity contribution is 0.171. The highest BCUT2D eigenvalue weighted by atomic mass is 32.2. The second-order valence-corrected chi connectivity index (χ2v) is 9.56. The summed E-state index contributed by atoms with van der Waals surface area (Å²) >= 11 is 0. The molecule has 0 aromatic heterocycles. The molecular weight excluding hydrogens is 352 g/mol. The monoisotopic (exact) mass is 378 g/mol. The van der Waals surface area contributed by atoms with Gasteiger partial charge in [0.25, 0.3) is 0 Å². The van der Waals surface area contributed by atoms with Crippen LogP contribution in [0.15, 0.2) is 24.3 Å². The van der Waals surface area contributed by atoms with Crippen molar-refractivity contribution in [1.82, 2.24) is 19.8 Å². The van der Waals surface area contributed by atoms with Crippen LogP contribution in [-0.2, 0) is 16.6 Å². The van der Waals surface area contributed by atoms with Crippen LogP contribution in [0.2, 0.25) is 0 Å². The first-order chi connectivity index (χ1) is 12.6. The van der Waals surface area contributed by atoms with E-state index in [-0.39, 0.29) is 17.2 Å². The number of hydrogen-bond donors (Lipinski definition) is 2. The second-order valence-electron chi connectivity index (χ2n) is 7.34. The van der Waals surface area contributed by atoms with Gasteiger partial charge in [-0.15, -0.1) is 0 Å². The van der Waals surface area contributed by atoms with E-state index >= 15 is 0 Å². The minimum absolute atomic E-state index is 0.100. The largest absolute Gasteiger partial charge is 0.337 e. The molecule has 0 radical (unpaired) electrons. The van der Waals surface area contributed by atoms with Crippen molar-refractivity contribution in [1.29, 1.82) is 0 Å². The predicted molar refractivity (Wildman–Crippen MR) is 99.4 cm³/mol. The van der Waals surface area contributed by atoms with Gasteiger partial charge in [-0.1, -0.05) is 24.3 Å². The van der Waals surface area contributed by atoms with Crippen LogP contribution in [0.25, 0.3) is 0 Å². The number of carbonyl (C=O) groups is 1. The molecule has 142 valence electrons. The Labute approximate surface area is 154 Å². The van der Waals surface area contributed by atoms with Crippen LogP contribution in [0.5, 0.6) is 0 Å². The molecule has 2 amide bonds. The SMILES string of the molecule is O=C(NCC1CNCc2ccccc21)N1CCN(S(=O)(=O)C2CC2)CC1. The average Bonchev–Trinajstić information content (AvgIpc) is 3.52. The molecule has 1 aromatic rings. The Bertz CT molecular complexity index is 770. The lowest BCUT2D eigenvalue weighted by Gasteiger charge is -2.34. The first-order valence-corrected chi connectivity index (χ1v) is 10.9. The van der Waals surface area contributed by atoms with Crippen molar-refractivity contribution in [3.05, 3.63) is 35.4 Å². The molecule has 1 aliphatic carbocycles. The zero-order valence-corrected chi connectivity index (χ0v) is 15.7. The van der Waals surface area contributed by atoms with E-state index in [1.807, 2.05) is 12.1 Å². The fourth-order valence-corrected chi connectivity index (χ4v) is 5.64. The van der Waals surface area contributed by atoms with Crippen molar-refractivity contribution in [3.8, 4) is 0 Å². The highest BCUT2D eigenvalue weighted by molar-refractivity contribution is 7.90. The van der Waals surface area contributed by atoms with Gasteiger partial charge < -0.3 is 15.5 Å². The molecule has 1 saturated carbocycles. The van der Waals surface area contributed by atoms with E-state index in [1.54, 1.807) is 9.21 Å². The van der Waals surface area contributed by atoms with E-state index in [9.17, 15) is 13.2 Å². The van der Waals surface area contributed by atoms with E-state index in [0.717, 1.165) is 25.9 Å². The number of rotatable bonds is 4. The highest BCUT2D eigenvalue weighted by Gasteiger charge is 2.41. The molecule has 2 fully saturated rings. The Morgan fingerprint density at radius 3 is 2.62 bits per heavy atom. The smallest absolute Gasteiger partial charge is 0.317 e. The number of nitrogens with zero attached hydrogens (tertiary/aromatic N) is 2. The fraction of sp³-hybridized carbons (Fsp3) is 0.611. The number of carbonyl (C=O) groups excluding carboxylic acids is 1. The van der Waals surface area contributed by atoms with Crippen LogP contribution in [0, 0.1) is 0 Å². The Morgan fingerprint density at radius 1 is 1.15 bits per heavy atom. The van der Waals surface area contributed by atoms with Gasteiger partial charge in [-0.3, -0.25) is 0 Å². The third-order valence-corrected chi connectivity index (χ3v) is 7.93. The van der Waals surface area contributed by atoms with E-state index in [1.165, 1.54) is 11.1 Å². The minimum Gasteiger partial charge on any atom is -0.337 e. The summed E-state index contributed by atoms with van der Waals surface area (Å²) in [6.07, 6.45) is 1.56. The van der Waals surface area contributed by atoms with Gasteiger partial charge in [-0.2, -0.15) is 4.31 Å². The summed E-state index contributed by atoms with van der Waals surface area (Å²) in [7, 11) is -3.13. The number of benzene rings is 1. The first kappa shape index (κ1) is 17.8. The van der Waals surface area contributed by atoms with E-state index in [0.29, 0.717) is 32.7 Å². The number of urea groups is 1. The number of piperazine rings is 1. The van der Waals surface area contributed by atoms with Crippen LogP contribution in [-0.4, -0.2) is 68.2 Å². The van der Waals surface area contributed by atoms with Gasteiger partial charge in [0.15, 0.2) is 0 Å². The minimum atomic E-state index is -3.13. The van der Waals surface area contributed by atoms with Crippen LogP contribution in [0.4, 0.5) is 4.79 Å². The molecule has 4 rings (SSSR count). The summed E-state index contributed by atoms with van der Waals surface area (Å²) in [6.45, 7) is 4.03. The Kier molecular flexibility index (Phi) is 4.90. The molecule has 8 heteroatoms. The molecule has 1 aromatic carbocycles. The summed E-state index contributed by atoms with van der Waals surface area (Å²) in [5.74, 6) is 0.264. The van der Waals surface area contributed by atoms with Crippen molar-refractivity contribution in [3.63, 3.8) is 0 Å². The third-order valence-electron chi connectivity index (χ3n) is 5.53. The molecule has 26 heavy (non-hydrogen) atoms. The molecule has 1 saturated heterocycles. The lowest BCUT2D eigenvalue weighted by atomic mass is 9.91. The highest BCUT2D eigenvalue weighted by Crippen LogP contribution is 2.31. The number of hydrogen-bond acceptors (Lipinski definition) is 4. The first-order valence-electron chi connectivity index (χ1n) is 9.36. The number of fused-ring (bicyclic) bond motifs is 1. The van der Waals surface area contributed by atoms with Gasteiger partial charge in [-0.05, 0) is 24.0 Å². The van der Waals surface area contributed by atoms with Crippen molar-refractivity contribution >= 4 is 16.1 Å². The summed E-state index contributed by atoms with van der Waals surface area (Å²) in [4.78, 5) is 14.2. The van der Waals surface area contributed by atoms with Crippen molar-refractivity contribution < 1.29 is 13.2 Å². The Balaban J connectivity index is 1.29. The molecule has 2 aliphatic heterocycles. The molecule has 1 atom stereocenters. The molecule has 2 heterocycles. The zero-order chi connectivity index (χ0) is 18.1. The van der Waals surface area contributed by atoms with Crippen LogP contribution in [0.3, 0.4) is 0 Å². The molecule has 3 aliphatic rings. The zero-order valence-electron chi connectivity index (χ0n) is 14.9. The van der Waals surface area contributed by atoms with Gasteiger partial charge in [0.2, 0.25) is 10.0 Å². The van der Waals surface area contributed by atoms with E-state index in [2.05, 4.69) is 22.8 Å². The lowest BCUT2D eigenvalue weighted by Crippen LogP contribution is -2.54. The maximum atomic E-state index is 12.5. The molecule has 7 nitrogen and oxygen atoms in total. The Morgan fingerprint density at radius 2 is 1.88 bits per heavy atom. The van der Waals surface area contributed by atoms with Crippen molar-refractivity contribution in [2.45, 2.75) is 30.6 Å². The normalized spacial score (nSPS) is 24.2. The maximum absolute atomic E-state index is 12.5. The molecule has 2 N–H and O–H groups in total. The van der Waals surface area contributed by atoms with Gasteiger partial charge in [0.1, 0.15) is 0 Å². The molecule has 1 unspecified atom stereocenters. The quantitative estimate of drug-likeness (QED) is 0.808. The topological polar surface area (TPSA) is 81.8 Å². The summed E-state index contributed by atoms with van der Waals surface area (Å²) in [5, 5.41) is 6.25. The Hall–Kier alpha value is -1.64. The predicted octanol–water partition coefficient (Wildman–Crippen LogP) is 0.693. The average molecular weight is 378 g/mol. The van der Waals surface area contributed by atoms with Gasteiger partial charge in [0, 0.05) is 51.7 Å². The molecule has 0 bridgehead atoms. The van der Waals surface area contributed by atoms with Crippen LogP contribution < -0.4 is 10.6 Å². The second kappa shape index (κ2) is 7.17. The molecule has 0 spiro atoms. The van der Waals surface area contributed by atoms with Crippen molar-refractivity contribution in [2.75, 3.05) is 39.3 Å². The van der Waals surface area contributed by atoms with Crippen LogP contribution >= 0.6 is 0 Å². The molecular formula is C18H26N4O3S. The van der Waals surface area contributed by atoms with Gasteiger partial charge >= 0.3 is 6.03 Å². The summed E-state index contributed by atoms with van der Waals surface area (Å²) in [6, 6.07) is 8.23.